The van der Waals surface area contributed by atoms with Crippen molar-refractivity contribution in [2.45, 2.75) is 38.7 Å². The zero-order valence-electron chi connectivity index (χ0n) is 22.3. The van der Waals surface area contributed by atoms with Gasteiger partial charge in [-0.3, -0.25) is 0 Å². The zero-order chi connectivity index (χ0) is 26.4. The summed E-state index contributed by atoms with van der Waals surface area (Å²) in [6, 6.07) is 26.4. The van der Waals surface area contributed by atoms with Crippen LogP contribution in [0.3, 0.4) is 0 Å². The van der Waals surface area contributed by atoms with Gasteiger partial charge in [-0.1, -0.05) is 37.6 Å². The molecule has 192 valence electrons. The van der Waals surface area contributed by atoms with Gasteiger partial charge in [-0.2, -0.15) is 0 Å². The first kappa shape index (κ1) is 24.1. The van der Waals surface area contributed by atoms with Gasteiger partial charge in [-0.05, 0) is 79.4 Å². The third-order valence-electron chi connectivity index (χ3n) is 7.55. The second-order valence-corrected chi connectivity index (χ2v) is 10.4. The number of esters is 1. The minimum absolute atomic E-state index is 0.306. The third kappa shape index (κ3) is 3.81. The Hall–Kier alpha value is -4.25. The van der Waals surface area contributed by atoms with E-state index < -0.39 is 5.60 Å². The zero-order valence-corrected chi connectivity index (χ0v) is 22.3. The summed E-state index contributed by atoms with van der Waals surface area (Å²) >= 11 is 0. The number of carbonyl (C=O) groups is 1. The van der Waals surface area contributed by atoms with Gasteiger partial charge in [0.2, 0.25) is 0 Å². The standard InChI is InChI=1S/C33H32N2O3/c1-5-6-9-22-18-21(2)31-29(19-22)33(27-11-8-7-10-26(27)32(36)38-33)28-17-14-24(20-30(28)37-31)34-23-12-15-25(16-13-23)35(3)4/h7-8,10-20,34H,5-6,9H2,1-4H3. The van der Waals surface area contributed by atoms with Crippen LogP contribution in [0.15, 0.2) is 78.9 Å². The van der Waals surface area contributed by atoms with E-state index in [2.05, 4.69) is 60.5 Å². The topological polar surface area (TPSA) is 50.8 Å². The number of aryl methyl sites for hydroxylation is 2. The Bertz CT molecular complexity index is 1540. The van der Waals surface area contributed by atoms with Crippen LogP contribution in [0.2, 0.25) is 0 Å². The van der Waals surface area contributed by atoms with Gasteiger partial charge in [0.15, 0.2) is 5.60 Å². The summed E-state index contributed by atoms with van der Waals surface area (Å²) in [6.45, 7) is 4.27. The Morgan fingerprint density at radius 1 is 0.868 bits per heavy atom. The summed E-state index contributed by atoms with van der Waals surface area (Å²) in [5.74, 6) is 1.13. The Morgan fingerprint density at radius 3 is 2.39 bits per heavy atom. The average molecular weight is 505 g/mol. The van der Waals surface area contributed by atoms with Gasteiger partial charge in [0.25, 0.3) is 0 Å². The average Bonchev–Trinajstić information content (AvgIpc) is 3.21. The predicted molar refractivity (Wildman–Crippen MR) is 152 cm³/mol. The molecule has 0 saturated heterocycles. The van der Waals surface area contributed by atoms with E-state index in [1.807, 2.05) is 56.6 Å². The second kappa shape index (κ2) is 9.25. The van der Waals surface area contributed by atoms with Crippen LogP contribution < -0.4 is 15.0 Å². The molecule has 38 heavy (non-hydrogen) atoms. The monoisotopic (exact) mass is 504 g/mol. The molecule has 0 radical (unpaired) electrons. The van der Waals surface area contributed by atoms with Crippen molar-refractivity contribution in [3.63, 3.8) is 0 Å². The molecule has 4 aromatic rings. The van der Waals surface area contributed by atoms with Gasteiger partial charge in [-0.25, -0.2) is 4.79 Å². The fraction of sp³-hybridized carbons (Fsp3) is 0.242. The first-order valence-electron chi connectivity index (χ1n) is 13.2. The molecule has 5 nitrogen and oxygen atoms in total. The van der Waals surface area contributed by atoms with Gasteiger partial charge < -0.3 is 19.7 Å². The minimum atomic E-state index is -1.05. The van der Waals surface area contributed by atoms with Gasteiger partial charge in [0.1, 0.15) is 11.5 Å². The minimum Gasteiger partial charge on any atom is -0.456 e. The molecule has 5 heteroatoms. The van der Waals surface area contributed by atoms with Crippen molar-refractivity contribution in [1.29, 1.82) is 0 Å². The Morgan fingerprint density at radius 2 is 1.63 bits per heavy atom. The van der Waals surface area contributed by atoms with E-state index >= 15 is 0 Å². The number of anilines is 3. The van der Waals surface area contributed by atoms with E-state index in [1.165, 1.54) is 5.56 Å². The lowest BCUT2D eigenvalue weighted by molar-refractivity contribution is 0.0223. The molecule has 0 amide bonds. The Kier molecular flexibility index (Phi) is 5.87. The number of fused-ring (bicyclic) bond motifs is 6. The third-order valence-corrected chi connectivity index (χ3v) is 7.55. The van der Waals surface area contributed by atoms with Gasteiger partial charge in [0.05, 0.1) is 5.56 Å². The van der Waals surface area contributed by atoms with Crippen molar-refractivity contribution in [1.82, 2.24) is 0 Å². The molecule has 0 fully saturated rings. The highest BCUT2D eigenvalue weighted by Crippen LogP contribution is 2.57. The van der Waals surface area contributed by atoms with Crippen LogP contribution in [0.25, 0.3) is 0 Å². The Labute approximate surface area is 224 Å². The number of carbonyl (C=O) groups excluding carboxylic acids is 1. The highest BCUT2D eigenvalue weighted by molar-refractivity contribution is 5.97. The molecule has 0 aliphatic carbocycles. The maximum Gasteiger partial charge on any atom is 0.340 e. The molecule has 0 saturated carbocycles. The molecule has 1 unspecified atom stereocenters. The van der Waals surface area contributed by atoms with Crippen molar-refractivity contribution >= 4 is 23.0 Å². The maximum atomic E-state index is 13.2. The molecule has 2 heterocycles. The molecule has 2 aliphatic rings. The summed E-state index contributed by atoms with van der Waals surface area (Å²) in [6.07, 6.45) is 3.19. The summed E-state index contributed by atoms with van der Waals surface area (Å²) in [5, 5.41) is 3.49. The first-order valence-corrected chi connectivity index (χ1v) is 13.2. The van der Waals surface area contributed by atoms with Crippen molar-refractivity contribution in [3.8, 4) is 11.5 Å². The van der Waals surface area contributed by atoms with Crippen LogP contribution in [-0.2, 0) is 16.8 Å². The number of hydrogen-bond acceptors (Lipinski definition) is 5. The summed E-state index contributed by atoms with van der Waals surface area (Å²) in [4.78, 5) is 15.3. The van der Waals surface area contributed by atoms with E-state index in [0.29, 0.717) is 11.3 Å². The lowest BCUT2D eigenvalue weighted by atomic mass is 9.76. The lowest BCUT2D eigenvalue weighted by Gasteiger charge is -2.37. The maximum absolute atomic E-state index is 13.2. The molecule has 0 bridgehead atoms. The quantitative estimate of drug-likeness (QED) is 0.273. The van der Waals surface area contributed by atoms with E-state index in [1.54, 1.807) is 0 Å². The number of rotatable bonds is 6. The summed E-state index contributed by atoms with van der Waals surface area (Å²) in [7, 11) is 4.05. The van der Waals surface area contributed by atoms with Gasteiger partial charge in [0, 0.05) is 53.9 Å². The number of hydrogen-bond donors (Lipinski definition) is 1. The molecule has 6 rings (SSSR count). The van der Waals surface area contributed by atoms with Crippen molar-refractivity contribution in [2.75, 3.05) is 24.3 Å². The number of nitrogens with zero attached hydrogens (tertiary/aromatic N) is 1. The molecule has 1 N–H and O–H groups in total. The molecular weight excluding hydrogens is 472 g/mol. The van der Waals surface area contributed by atoms with Gasteiger partial charge in [-0.15, -0.1) is 0 Å². The highest BCUT2D eigenvalue weighted by atomic mass is 16.6. The number of nitrogens with one attached hydrogen (secondary N) is 1. The SMILES string of the molecule is CCCCc1cc(C)c2c(c1)C1(OC(=O)c3ccccc31)c1ccc(Nc3ccc(N(C)C)cc3)cc1O2. The van der Waals surface area contributed by atoms with E-state index in [9.17, 15) is 4.79 Å². The number of unbranched alkanes of at least 4 members (excludes halogenated alkanes) is 1. The van der Waals surface area contributed by atoms with Gasteiger partial charge >= 0.3 is 5.97 Å². The smallest absolute Gasteiger partial charge is 0.340 e. The Balaban J connectivity index is 1.48. The second-order valence-electron chi connectivity index (χ2n) is 10.4. The van der Waals surface area contributed by atoms with Crippen LogP contribution in [0.4, 0.5) is 17.1 Å². The van der Waals surface area contributed by atoms with Crippen molar-refractivity contribution in [2.24, 2.45) is 0 Å². The van der Waals surface area contributed by atoms with Crippen LogP contribution in [-0.4, -0.2) is 20.1 Å². The molecule has 1 atom stereocenters. The lowest BCUT2D eigenvalue weighted by Crippen LogP contribution is -2.33. The van der Waals surface area contributed by atoms with Crippen LogP contribution in [0, 0.1) is 6.92 Å². The van der Waals surface area contributed by atoms with Crippen LogP contribution in [0.1, 0.15) is 57.9 Å². The fourth-order valence-corrected chi connectivity index (χ4v) is 5.63. The molecule has 2 aliphatic heterocycles. The summed E-state index contributed by atoms with van der Waals surface area (Å²) < 4.78 is 13.0. The largest absolute Gasteiger partial charge is 0.456 e. The molecule has 0 aromatic heterocycles. The van der Waals surface area contributed by atoms with E-state index in [4.69, 9.17) is 9.47 Å². The van der Waals surface area contributed by atoms with Crippen LogP contribution >= 0.6 is 0 Å². The van der Waals surface area contributed by atoms with Crippen LogP contribution in [0.5, 0.6) is 11.5 Å². The normalized spacial score (nSPS) is 16.8. The number of ether oxygens (including phenoxy) is 2. The van der Waals surface area contributed by atoms with E-state index in [0.717, 1.165) is 64.3 Å². The van der Waals surface area contributed by atoms with Crippen molar-refractivity contribution < 1.29 is 14.3 Å². The van der Waals surface area contributed by atoms with Crippen molar-refractivity contribution in [3.05, 3.63) is 112 Å². The predicted octanol–water partition coefficient (Wildman–Crippen LogP) is 7.72. The fourth-order valence-electron chi connectivity index (χ4n) is 5.63. The summed E-state index contributed by atoms with van der Waals surface area (Å²) in [5.41, 5.74) is 7.44. The number of benzene rings is 4. The molecule has 1 spiro atoms. The molecule has 4 aromatic carbocycles. The molecular formula is C33H32N2O3. The highest BCUT2D eigenvalue weighted by Gasteiger charge is 2.53. The van der Waals surface area contributed by atoms with E-state index in [-0.39, 0.29) is 5.97 Å². The first-order chi connectivity index (χ1) is 18.4.